The number of nitrogens with zero attached hydrogens (tertiary/aromatic N) is 1. The van der Waals surface area contributed by atoms with Crippen LogP contribution in [0.4, 0.5) is 17.1 Å². The van der Waals surface area contributed by atoms with E-state index in [4.69, 9.17) is 0 Å². The summed E-state index contributed by atoms with van der Waals surface area (Å²) in [5.41, 5.74) is 13.1. The average molecular weight is 656 g/mol. The molecule has 9 rings (SSSR count). The van der Waals surface area contributed by atoms with Gasteiger partial charge in [0.1, 0.15) is 0 Å². The van der Waals surface area contributed by atoms with E-state index in [-0.39, 0.29) is 0 Å². The van der Waals surface area contributed by atoms with Gasteiger partial charge in [-0.3, -0.25) is 0 Å². The Morgan fingerprint density at radius 2 is 0.620 bits per heavy atom. The smallest absolute Gasteiger partial charge is 0.0462 e. The molecule has 0 radical (unpaired) electrons. The Morgan fingerprint density at radius 3 is 1.16 bits per heavy atom. The minimum atomic E-state index is 1.12. The van der Waals surface area contributed by atoms with E-state index in [1.165, 1.54) is 64.7 Å². The van der Waals surface area contributed by atoms with Gasteiger partial charge in [0, 0.05) is 37.2 Å². The summed E-state index contributed by atoms with van der Waals surface area (Å²) in [5.74, 6) is 0. The molecular weight excluding hydrogens is 623 g/mol. The summed E-state index contributed by atoms with van der Waals surface area (Å²) >= 11 is 1.86. The molecule has 9 aromatic rings. The van der Waals surface area contributed by atoms with Crippen LogP contribution in [0.2, 0.25) is 0 Å². The second kappa shape index (κ2) is 13.0. The molecule has 1 heterocycles. The minimum absolute atomic E-state index is 1.12. The lowest BCUT2D eigenvalue weighted by Gasteiger charge is -2.26. The summed E-state index contributed by atoms with van der Waals surface area (Å²) < 4.78 is 2.67. The van der Waals surface area contributed by atoms with Gasteiger partial charge >= 0.3 is 0 Å². The molecule has 0 fully saturated rings. The predicted octanol–water partition coefficient (Wildman–Crippen LogP) is 14.2. The second-order valence-corrected chi connectivity index (χ2v) is 13.7. The van der Waals surface area contributed by atoms with Crippen LogP contribution in [-0.4, -0.2) is 0 Å². The van der Waals surface area contributed by atoms with Crippen LogP contribution < -0.4 is 4.90 Å². The largest absolute Gasteiger partial charge is 0.311 e. The summed E-state index contributed by atoms with van der Waals surface area (Å²) in [5, 5.41) is 2.67. The summed E-state index contributed by atoms with van der Waals surface area (Å²) in [6, 6.07) is 72.2. The first-order chi connectivity index (χ1) is 24.8. The zero-order valence-corrected chi connectivity index (χ0v) is 28.2. The molecule has 8 aromatic carbocycles. The molecule has 0 N–H and O–H groups in total. The molecule has 0 atom stereocenters. The highest BCUT2D eigenvalue weighted by Crippen LogP contribution is 2.39. The van der Waals surface area contributed by atoms with Crippen LogP contribution in [0.1, 0.15) is 0 Å². The highest BCUT2D eigenvalue weighted by Gasteiger charge is 2.13. The monoisotopic (exact) mass is 655 g/mol. The zero-order valence-electron chi connectivity index (χ0n) is 27.4. The Kier molecular flexibility index (Phi) is 7.77. The minimum Gasteiger partial charge on any atom is -0.311 e. The van der Waals surface area contributed by atoms with Gasteiger partial charge in [-0.1, -0.05) is 146 Å². The molecule has 0 unspecified atom stereocenters. The lowest BCUT2D eigenvalue weighted by Crippen LogP contribution is -2.09. The number of hydrogen-bond acceptors (Lipinski definition) is 2. The van der Waals surface area contributed by atoms with Crippen LogP contribution in [0, 0.1) is 0 Å². The van der Waals surface area contributed by atoms with Crippen molar-refractivity contribution in [3.63, 3.8) is 0 Å². The fourth-order valence-corrected chi connectivity index (χ4v) is 7.96. The first kappa shape index (κ1) is 29.9. The number of benzene rings is 8. The Bertz CT molecular complexity index is 2530. The van der Waals surface area contributed by atoms with E-state index >= 15 is 0 Å². The molecule has 236 valence electrons. The Hall–Kier alpha value is -6.22. The number of hydrogen-bond donors (Lipinski definition) is 0. The number of fused-ring (bicyclic) bond motifs is 3. The van der Waals surface area contributed by atoms with Crippen molar-refractivity contribution in [1.29, 1.82) is 0 Å². The van der Waals surface area contributed by atoms with Gasteiger partial charge in [-0.2, -0.15) is 0 Å². The van der Waals surface area contributed by atoms with E-state index < -0.39 is 0 Å². The first-order valence-corrected chi connectivity index (χ1v) is 17.8. The third kappa shape index (κ3) is 5.77. The van der Waals surface area contributed by atoms with Crippen LogP contribution in [0.3, 0.4) is 0 Å². The molecule has 0 aliphatic rings. The second-order valence-electron chi connectivity index (χ2n) is 12.6. The van der Waals surface area contributed by atoms with Gasteiger partial charge in [0.25, 0.3) is 0 Å². The molecule has 0 amide bonds. The van der Waals surface area contributed by atoms with Crippen molar-refractivity contribution < 1.29 is 0 Å². The van der Waals surface area contributed by atoms with Gasteiger partial charge in [-0.15, -0.1) is 11.3 Å². The molecule has 0 saturated carbocycles. The quantitative estimate of drug-likeness (QED) is 0.165. The van der Waals surface area contributed by atoms with E-state index in [2.05, 4.69) is 205 Å². The van der Waals surface area contributed by atoms with Crippen molar-refractivity contribution in [2.24, 2.45) is 0 Å². The molecule has 1 nitrogen and oxygen atoms in total. The van der Waals surface area contributed by atoms with Gasteiger partial charge in [0.15, 0.2) is 0 Å². The summed E-state index contributed by atoms with van der Waals surface area (Å²) in [6.07, 6.45) is 0. The number of para-hydroxylation sites is 1. The molecule has 0 spiro atoms. The van der Waals surface area contributed by atoms with Crippen molar-refractivity contribution in [2.45, 2.75) is 0 Å². The molecule has 0 bridgehead atoms. The lowest BCUT2D eigenvalue weighted by molar-refractivity contribution is 1.28. The number of rotatable bonds is 7. The Balaban J connectivity index is 0.974. The van der Waals surface area contributed by atoms with E-state index in [1.54, 1.807) is 0 Å². The fraction of sp³-hybridized carbons (Fsp3) is 0. The third-order valence-electron chi connectivity index (χ3n) is 9.52. The maximum Gasteiger partial charge on any atom is 0.0462 e. The summed E-state index contributed by atoms with van der Waals surface area (Å²) in [7, 11) is 0. The zero-order chi connectivity index (χ0) is 33.3. The third-order valence-corrected chi connectivity index (χ3v) is 10.7. The molecule has 2 heteroatoms. The van der Waals surface area contributed by atoms with Crippen LogP contribution >= 0.6 is 11.3 Å². The SMILES string of the molecule is c1ccc(-c2ccc(-c3ccc(N(c4ccccc4)c4ccc(-c5ccc(-c6ccc7sc8ccccc8c7c6)cc5)cc4)cc3)cc2)cc1. The van der Waals surface area contributed by atoms with E-state index in [1.807, 2.05) is 11.3 Å². The van der Waals surface area contributed by atoms with Gasteiger partial charge in [0.05, 0.1) is 0 Å². The topological polar surface area (TPSA) is 3.24 Å². The highest BCUT2D eigenvalue weighted by atomic mass is 32.1. The Morgan fingerprint density at radius 1 is 0.260 bits per heavy atom. The van der Waals surface area contributed by atoms with Crippen LogP contribution in [-0.2, 0) is 0 Å². The highest BCUT2D eigenvalue weighted by molar-refractivity contribution is 7.25. The number of thiophene rings is 1. The normalized spacial score (nSPS) is 11.2. The molecule has 0 saturated heterocycles. The van der Waals surface area contributed by atoms with Crippen LogP contribution in [0.25, 0.3) is 64.7 Å². The van der Waals surface area contributed by atoms with Crippen molar-refractivity contribution in [3.8, 4) is 44.5 Å². The van der Waals surface area contributed by atoms with Crippen molar-refractivity contribution in [2.75, 3.05) is 4.90 Å². The van der Waals surface area contributed by atoms with E-state index in [0.717, 1.165) is 17.1 Å². The number of anilines is 3. The van der Waals surface area contributed by atoms with Gasteiger partial charge < -0.3 is 4.90 Å². The first-order valence-electron chi connectivity index (χ1n) is 17.0. The maximum absolute atomic E-state index is 2.34. The molecule has 50 heavy (non-hydrogen) atoms. The Labute approximate surface area is 297 Å². The van der Waals surface area contributed by atoms with Gasteiger partial charge in [-0.25, -0.2) is 0 Å². The molecule has 1 aromatic heterocycles. The summed E-state index contributed by atoms with van der Waals surface area (Å²) in [4.78, 5) is 2.32. The van der Waals surface area contributed by atoms with E-state index in [0.29, 0.717) is 0 Å². The standard InChI is InChI=1S/C48H33NS/c1-3-9-34(10-4-1)35-15-17-36(18-16-35)38-23-28-43(29-24-38)49(42-11-5-2-6-12-42)44-30-25-39(26-31-44)37-19-21-40(22-20-37)41-27-32-48-46(33-41)45-13-7-8-14-47(45)50-48/h1-33H. The van der Waals surface area contributed by atoms with Crippen LogP contribution in [0.5, 0.6) is 0 Å². The predicted molar refractivity (Wildman–Crippen MR) is 216 cm³/mol. The van der Waals surface area contributed by atoms with Crippen molar-refractivity contribution in [3.05, 3.63) is 200 Å². The average Bonchev–Trinajstić information content (AvgIpc) is 3.58. The fourth-order valence-electron chi connectivity index (χ4n) is 6.88. The molecule has 0 aliphatic carbocycles. The lowest BCUT2D eigenvalue weighted by atomic mass is 9.98. The maximum atomic E-state index is 2.34. The van der Waals surface area contributed by atoms with E-state index in [9.17, 15) is 0 Å². The van der Waals surface area contributed by atoms with Crippen LogP contribution in [0.15, 0.2) is 200 Å². The van der Waals surface area contributed by atoms with Crippen molar-refractivity contribution >= 4 is 48.6 Å². The molecule has 0 aliphatic heterocycles. The van der Waals surface area contributed by atoms with Crippen molar-refractivity contribution in [1.82, 2.24) is 0 Å². The van der Waals surface area contributed by atoms with Gasteiger partial charge in [-0.05, 0) is 99.1 Å². The molecular formula is C48H33NS. The van der Waals surface area contributed by atoms with Gasteiger partial charge in [0.2, 0.25) is 0 Å². The summed E-state index contributed by atoms with van der Waals surface area (Å²) in [6.45, 7) is 0.